The quantitative estimate of drug-likeness (QED) is 0.409. The van der Waals surface area contributed by atoms with Gasteiger partial charge in [0.05, 0.1) is 18.5 Å². The van der Waals surface area contributed by atoms with E-state index in [2.05, 4.69) is 51.7 Å². The third-order valence-electron chi connectivity index (χ3n) is 4.50. The number of methoxy groups -OCH3 is 1. The van der Waals surface area contributed by atoms with Gasteiger partial charge in [-0.15, -0.1) is 0 Å². The van der Waals surface area contributed by atoms with E-state index >= 15 is 0 Å². The minimum Gasteiger partial charge on any atom is -0.497 e. The smallest absolute Gasteiger partial charge is 0.119 e. The second-order valence-electron chi connectivity index (χ2n) is 6.37. The number of nitrogens with zero attached hydrogens (tertiary/aromatic N) is 2. The topological polar surface area (TPSA) is 39.1 Å². The molecule has 0 radical (unpaired) electrons. The third kappa shape index (κ3) is 4.10. The fraction of sp³-hybridized carbons (Fsp3) is 0.0870. The minimum absolute atomic E-state index is 0.671. The predicted octanol–water partition coefficient (Wildman–Crippen LogP) is 5.92. The molecule has 1 N–H and O–H groups in total. The van der Waals surface area contributed by atoms with Crippen molar-refractivity contribution in [3.05, 3.63) is 95.1 Å². The van der Waals surface area contributed by atoms with E-state index in [9.17, 15) is 0 Å². The summed E-state index contributed by atoms with van der Waals surface area (Å²) in [7, 11) is 1.67. The Balaban J connectivity index is 1.65. The zero-order valence-electron chi connectivity index (χ0n) is 15.5. The maximum atomic E-state index is 5.23. The summed E-state index contributed by atoms with van der Waals surface area (Å²) in [5.41, 5.74) is 5.26. The van der Waals surface area contributed by atoms with Gasteiger partial charge in [-0.3, -0.25) is 0 Å². The van der Waals surface area contributed by atoms with Gasteiger partial charge in [0, 0.05) is 34.0 Å². The number of halogens is 1. The maximum Gasteiger partial charge on any atom is 0.119 e. The molecule has 0 saturated carbocycles. The summed E-state index contributed by atoms with van der Waals surface area (Å²) >= 11 is 3.50. The fourth-order valence-corrected chi connectivity index (χ4v) is 3.27. The molecule has 1 aromatic heterocycles. The van der Waals surface area contributed by atoms with Gasteiger partial charge in [0.1, 0.15) is 5.75 Å². The van der Waals surface area contributed by atoms with Gasteiger partial charge in [0.15, 0.2) is 0 Å². The van der Waals surface area contributed by atoms with Crippen LogP contribution in [0.1, 0.15) is 5.56 Å². The van der Waals surface area contributed by atoms with E-state index in [1.54, 1.807) is 7.11 Å². The van der Waals surface area contributed by atoms with Gasteiger partial charge < -0.3 is 10.1 Å². The molecular formula is C23H20BrN3O. The van der Waals surface area contributed by atoms with Gasteiger partial charge in [-0.1, -0.05) is 46.3 Å². The number of anilines is 1. The molecule has 0 bridgehead atoms. The number of aromatic nitrogens is 2. The van der Waals surface area contributed by atoms with Crippen LogP contribution in [-0.4, -0.2) is 16.9 Å². The molecule has 0 spiro atoms. The molecule has 0 amide bonds. The second kappa shape index (κ2) is 8.31. The Morgan fingerprint density at radius 3 is 2.32 bits per heavy atom. The number of nitrogens with one attached hydrogen (secondary N) is 1. The fourth-order valence-electron chi connectivity index (χ4n) is 3.01. The van der Waals surface area contributed by atoms with Crippen molar-refractivity contribution in [1.29, 1.82) is 0 Å². The molecule has 0 aliphatic carbocycles. The lowest BCUT2D eigenvalue weighted by Crippen LogP contribution is -2.00. The molecule has 0 atom stereocenters. The van der Waals surface area contributed by atoms with E-state index in [4.69, 9.17) is 9.84 Å². The first-order valence-corrected chi connectivity index (χ1v) is 9.80. The second-order valence-corrected chi connectivity index (χ2v) is 7.29. The van der Waals surface area contributed by atoms with E-state index < -0.39 is 0 Å². The van der Waals surface area contributed by atoms with E-state index in [1.165, 1.54) is 0 Å². The van der Waals surface area contributed by atoms with Crippen LogP contribution >= 0.6 is 15.9 Å². The maximum absolute atomic E-state index is 5.23. The standard InChI is InChI=1S/C23H20BrN3O/c1-28-22-13-11-20(12-14-22)25-15-18-16-27(21-5-3-2-4-6-21)26-23(18)17-7-9-19(24)10-8-17/h2-14,16,25H,15H2,1H3. The van der Waals surface area contributed by atoms with Crippen molar-refractivity contribution in [2.24, 2.45) is 0 Å². The highest BCUT2D eigenvalue weighted by molar-refractivity contribution is 9.10. The Labute approximate surface area is 172 Å². The Morgan fingerprint density at radius 1 is 0.929 bits per heavy atom. The van der Waals surface area contributed by atoms with Crippen molar-refractivity contribution in [3.63, 3.8) is 0 Å². The monoisotopic (exact) mass is 433 g/mol. The molecule has 5 heteroatoms. The first-order valence-electron chi connectivity index (χ1n) is 9.01. The van der Waals surface area contributed by atoms with Gasteiger partial charge in [-0.25, -0.2) is 4.68 Å². The van der Waals surface area contributed by atoms with Crippen molar-refractivity contribution in [1.82, 2.24) is 9.78 Å². The molecule has 0 unspecified atom stereocenters. The lowest BCUT2D eigenvalue weighted by Gasteiger charge is -2.08. The molecule has 1 heterocycles. The van der Waals surface area contributed by atoms with Gasteiger partial charge in [0.2, 0.25) is 0 Å². The molecule has 3 aromatic carbocycles. The molecule has 0 fully saturated rings. The van der Waals surface area contributed by atoms with Gasteiger partial charge in [-0.05, 0) is 48.5 Å². The van der Waals surface area contributed by atoms with Crippen molar-refractivity contribution < 1.29 is 4.74 Å². The Morgan fingerprint density at radius 2 is 1.64 bits per heavy atom. The number of hydrogen-bond acceptors (Lipinski definition) is 3. The molecule has 28 heavy (non-hydrogen) atoms. The first-order chi connectivity index (χ1) is 13.7. The van der Waals surface area contributed by atoms with Gasteiger partial charge in [0.25, 0.3) is 0 Å². The molecule has 140 valence electrons. The lowest BCUT2D eigenvalue weighted by atomic mass is 10.1. The predicted molar refractivity (Wildman–Crippen MR) is 117 cm³/mol. The van der Waals surface area contributed by atoms with Crippen LogP contribution in [0.4, 0.5) is 5.69 Å². The number of para-hydroxylation sites is 1. The molecule has 4 nitrogen and oxygen atoms in total. The SMILES string of the molecule is COc1ccc(NCc2cn(-c3ccccc3)nc2-c2ccc(Br)cc2)cc1. The average molecular weight is 434 g/mol. The van der Waals surface area contributed by atoms with Gasteiger partial charge >= 0.3 is 0 Å². The van der Waals surface area contributed by atoms with Crippen LogP contribution < -0.4 is 10.1 Å². The van der Waals surface area contributed by atoms with Crippen LogP contribution in [-0.2, 0) is 6.54 Å². The lowest BCUT2D eigenvalue weighted by molar-refractivity contribution is 0.415. The largest absolute Gasteiger partial charge is 0.497 e. The van der Waals surface area contributed by atoms with Crippen LogP contribution in [0.2, 0.25) is 0 Å². The molecule has 4 rings (SSSR count). The van der Waals surface area contributed by atoms with E-state index in [0.717, 1.165) is 38.4 Å². The summed E-state index contributed by atoms with van der Waals surface area (Å²) in [6.07, 6.45) is 2.09. The number of hydrogen-bond donors (Lipinski definition) is 1. The molecule has 4 aromatic rings. The van der Waals surface area contributed by atoms with Crippen LogP contribution in [0, 0.1) is 0 Å². The van der Waals surface area contributed by atoms with Crippen LogP contribution in [0.25, 0.3) is 16.9 Å². The highest BCUT2D eigenvalue weighted by Gasteiger charge is 2.12. The van der Waals surface area contributed by atoms with Crippen LogP contribution in [0.3, 0.4) is 0 Å². The summed E-state index contributed by atoms with van der Waals surface area (Å²) in [6.45, 7) is 0.671. The Hall–Kier alpha value is -3.05. The molecular weight excluding hydrogens is 414 g/mol. The Kier molecular flexibility index (Phi) is 5.44. The summed E-state index contributed by atoms with van der Waals surface area (Å²) < 4.78 is 8.21. The van der Waals surface area contributed by atoms with E-state index in [1.807, 2.05) is 59.3 Å². The molecule has 0 aliphatic heterocycles. The third-order valence-corrected chi connectivity index (χ3v) is 5.03. The molecule has 0 saturated heterocycles. The van der Waals surface area contributed by atoms with Crippen molar-refractivity contribution in [3.8, 4) is 22.7 Å². The van der Waals surface area contributed by atoms with Gasteiger partial charge in [-0.2, -0.15) is 5.10 Å². The highest BCUT2D eigenvalue weighted by atomic mass is 79.9. The van der Waals surface area contributed by atoms with Crippen molar-refractivity contribution >= 4 is 21.6 Å². The van der Waals surface area contributed by atoms with Crippen molar-refractivity contribution in [2.45, 2.75) is 6.54 Å². The zero-order chi connectivity index (χ0) is 19.3. The highest BCUT2D eigenvalue weighted by Crippen LogP contribution is 2.26. The van der Waals surface area contributed by atoms with Crippen LogP contribution in [0.15, 0.2) is 89.5 Å². The van der Waals surface area contributed by atoms with Crippen LogP contribution in [0.5, 0.6) is 5.75 Å². The normalized spacial score (nSPS) is 10.6. The minimum atomic E-state index is 0.671. The number of rotatable bonds is 6. The summed E-state index contributed by atoms with van der Waals surface area (Å²) in [4.78, 5) is 0. The van der Waals surface area contributed by atoms with Crippen molar-refractivity contribution in [2.75, 3.05) is 12.4 Å². The average Bonchev–Trinajstić information content (AvgIpc) is 3.18. The number of benzene rings is 3. The zero-order valence-corrected chi connectivity index (χ0v) is 17.1. The van der Waals surface area contributed by atoms with E-state index in [-0.39, 0.29) is 0 Å². The number of ether oxygens (including phenoxy) is 1. The molecule has 0 aliphatic rings. The van der Waals surface area contributed by atoms with E-state index in [0.29, 0.717) is 6.54 Å². The summed E-state index contributed by atoms with van der Waals surface area (Å²) in [6, 6.07) is 26.3. The Bertz CT molecular complexity index is 1040. The first kappa shape index (κ1) is 18.3. The summed E-state index contributed by atoms with van der Waals surface area (Å²) in [5.74, 6) is 0.845. The summed E-state index contributed by atoms with van der Waals surface area (Å²) in [5, 5.41) is 8.34.